The molecule has 0 N–H and O–H groups in total. The third-order valence-corrected chi connectivity index (χ3v) is 31.1. The summed E-state index contributed by atoms with van der Waals surface area (Å²) in [6.45, 7) is 0. The lowest BCUT2D eigenvalue weighted by Gasteiger charge is -2.40. The molecule has 3 aliphatic heterocycles. The second-order valence-electron chi connectivity index (χ2n) is 38.8. The van der Waals surface area contributed by atoms with Crippen molar-refractivity contribution in [3.05, 3.63) is 564 Å². The minimum absolute atomic E-state index is 0.493. The van der Waals surface area contributed by atoms with Crippen LogP contribution in [0.4, 0.5) is 0 Å². The normalized spacial score (nSPS) is 14.8. The standard InChI is InChI=1S/C137H82N8O3/c1-4-34-86(35-5-1)130-139-118(85-72-69-84(70-73-85)90-41-26-42-91(77-90)96-49-28-61-112-125(96)100-47-14-18-56-107(100)136(112)110-59-21-25-68-124(110)148-129-104(53-32-65-116(129)136)121-81-119(140-131(142-121)87-36-6-2-7-37-87)93-74-71-83-33-10-11-40-89(83)78-93)80-120(141-130)103-52-31-64-115-128(103)147-123-67-24-22-60-111(123)137(115)108-57-19-15-48-101(108)126-97(50-29-62-113(126)137)92-43-27-44-94(79-92)133-143-132(88-38-8-3-9-39-88)144-134(145-133)95-75-76-117(138-82-95)102-51-30-63-114-127(102)146-122-66-23-20-58-109(122)135(114)105-54-16-12-45-98(105)99-46-13-17-55-106(99)135/h1-82H. The number of hydrogen-bond donors (Lipinski definition) is 0. The lowest BCUT2D eigenvalue weighted by atomic mass is 9.65. The Balaban J connectivity index is 0.496. The average Bonchev–Trinajstić information content (AvgIpc) is 1.51. The van der Waals surface area contributed by atoms with Crippen LogP contribution < -0.4 is 14.2 Å². The van der Waals surface area contributed by atoms with E-state index in [-0.39, 0.29) is 0 Å². The first-order valence-electron chi connectivity index (χ1n) is 50.2. The van der Waals surface area contributed by atoms with Crippen LogP contribution in [0.1, 0.15) is 66.8 Å². The number of hydrogen-bond acceptors (Lipinski definition) is 11. The third-order valence-electron chi connectivity index (χ3n) is 31.1. The minimum Gasteiger partial charge on any atom is -0.456 e. The van der Waals surface area contributed by atoms with E-state index in [0.29, 0.717) is 29.1 Å². The van der Waals surface area contributed by atoms with Crippen LogP contribution >= 0.6 is 0 Å². The Kier molecular flexibility index (Phi) is 18.9. The summed E-state index contributed by atoms with van der Waals surface area (Å²) in [5.41, 5.74) is 37.3. The molecule has 3 spiro atoms. The number of pyridine rings is 1. The van der Waals surface area contributed by atoms with Gasteiger partial charge in [-0.2, -0.15) is 0 Å². The molecule has 3 aliphatic carbocycles. The van der Waals surface area contributed by atoms with Crippen LogP contribution in [-0.4, -0.2) is 39.9 Å². The minimum atomic E-state index is -0.863. The van der Waals surface area contributed by atoms with Crippen molar-refractivity contribution in [2.75, 3.05) is 0 Å². The topological polar surface area (TPSA) is 131 Å². The van der Waals surface area contributed by atoms with E-state index in [4.69, 9.17) is 54.1 Å². The van der Waals surface area contributed by atoms with Crippen molar-refractivity contribution < 1.29 is 14.2 Å². The summed E-state index contributed by atoms with van der Waals surface area (Å²) in [7, 11) is 0. The van der Waals surface area contributed by atoms with Gasteiger partial charge >= 0.3 is 0 Å². The van der Waals surface area contributed by atoms with Crippen LogP contribution in [0.15, 0.2) is 498 Å². The van der Waals surface area contributed by atoms with Gasteiger partial charge in [-0.05, 0) is 190 Å². The predicted molar refractivity (Wildman–Crippen MR) is 589 cm³/mol. The van der Waals surface area contributed by atoms with Gasteiger partial charge < -0.3 is 14.2 Å². The zero-order valence-corrected chi connectivity index (χ0v) is 79.6. The maximum atomic E-state index is 7.49. The van der Waals surface area contributed by atoms with Crippen molar-refractivity contribution in [3.63, 3.8) is 0 Å². The van der Waals surface area contributed by atoms with Gasteiger partial charge in [0.15, 0.2) is 29.1 Å². The second kappa shape index (κ2) is 33.2. The molecule has 0 fully saturated rings. The highest BCUT2D eigenvalue weighted by molar-refractivity contribution is 6.02. The van der Waals surface area contributed by atoms with E-state index in [1.807, 2.05) is 72.9 Å². The molecule has 6 aliphatic rings. The summed E-state index contributed by atoms with van der Waals surface area (Å²) in [5, 5.41) is 2.31. The first kappa shape index (κ1) is 84.1. The highest BCUT2D eigenvalue weighted by atomic mass is 16.5. The van der Waals surface area contributed by atoms with Crippen LogP contribution in [0.2, 0.25) is 0 Å². The highest BCUT2D eigenvalue weighted by Crippen LogP contribution is 2.69. The fourth-order valence-corrected chi connectivity index (χ4v) is 24.7. The van der Waals surface area contributed by atoms with Crippen LogP contribution in [0.3, 0.4) is 0 Å². The summed E-state index contributed by atoms with van der Waals surface area (Å²) in [6.07, 6.45) is 1.88. The maximum Gasteiger partial charge on any atom is 0.165 e. The molecule has 0 amide bonds. The van der Waals surface area contributed by atoms with Gasteiger partial charge in [0.25, 0.3) is 0 Å². The molecule has 20 aromatic carbocycles. The van der Waals surface area contributed by atoms with E-state index in [9.17, 15) is 0 Å². The van der Waals surface area contributed by atoms with Gasteiger partial charge in [-0.25, -0.2) is 34.9 Å². The van der Waals surface area contributed by atoms with E-state index in [0.717, 1.165) is 213 Å². The molecule has 7 heterocycles. The number of ether oxygens (including phenoxy) is 3. The predicted octanol–water partition coefficient (Wildman–Crippen LogP) is 33.1. The van der Waals surface area contributed by atoms with Crippen LogP contribution in [-0.2, 0) is 16.2 Å². The largest absolute Gasteiger partial charge is 0.456 e. The van der Waals surface area contributed by atoms with Gasteiger partial charge in [0.2, 0.25) is 0 Å². The first-order chi connectivity index (χ1) is 73.3. The number of benzene rings is 20. The molecule has 0 saturated carbocycles. The van der Waals surface area contributed by atoms with E-state index in [2.05, 4.69) is 425 Å². The highest BCUT2D eigenvalue weighted by Gasteiger charge is 2.56. The van der Waals surface area contributed by atoms with Crippen molar-refractivity contribution in [3.8, 4) is 214 Å². The van der Waals surface area contributed by atoms with Gasteiger partial charge in [-0.1, -0.05) is 413 Å². The Bertz CT molecular complexity index is 9620. The zero-order chi connectivity index (χ0) is 97.3. The molecule has 24 aromatic rings. The van der Waals surface area contributed by atoms with Gasteiger partial charge in [0.1, 0.15) is 34.5 Å². The molecule has 2 unspecified atom stereocenters. The van der Waals surface area contributed by atoms with E-state index >= 15 is 0 Å². The quantitative estimate of drug-likeness (QED) is 0.109. The average molecular weight is 1890 g/mol. The van der Waals surface area contributed by atoms with E-state index < -0.39 is 16.2 Å². The molecule has 4 aromatic heterocycles. The van der Waals surface area contributed by atoms with E-state index in [1.54, 1.807) is 0 Å². The van der Waals surface area contributed by atoms with Crippen molar-refractivity contribution in [1.29, 1.82) is 0 Å². The van der Waals surface area contributed by atoms with E-state index in [1.165, 1.54) is 49.9 Å². The van der Waals surface area contributed by atoms with Crippen LogP contribution in [0.25, 0.3) is 191 Å². The lowest BCUT2D eigenvalue weighted by Crippen LogP contribution is -2.32. The summed E-state index contributed by atoms with van der Waals surface area (Å²) in [4.78, 5) is 43.0. The maximum absolute atomic E-state index is 7.49. The monoisotopic (exact) mass is 1890 g/mol. The molecule has 0 radical (unpaired) electrons. The summed E-state index contributed by atoms with van der Waals surface area (Å²) >= 11 is 0. The summed E-state index contributed by atoms with van der Waals surface area (Å²) in [5.74, 6) is 7.41. The molecule has 2 atom stereocenters. The molecular formula is C137H82N8O3. The number of nitrogens with zero attached hydrogens (tertiary/aromatic N) is 8. The van der Waals surface area contributed by atoms with Crippen molar-refractivity contribution >= 4 is 10.8 Å². The third kappa shape index (κ3) is 12.7. The smallest absolute Gasteiger partial charge is 0.165 e. The number of para-hydroxylation sites is 6. The fourth-order valence-electron chi connectivity index (χ4n) is 24.7. The molecule has 30 rings (SSSR count). The van der Waals surface area contributed by atoms with Crippen molar-refractivity contribution in [1.82, 2.24) is 39.9 Å². The van der Waals surface area contributed by atoms with Crippen LogP contribution in [0, 0.1) is 0 Å². The molecule has 0 saturated heterocycles. The first-order valence-corrected chi connectivity index (χ1v) is 50.2. The van der Waals surface area contributed by atoms with Gasteiger partial charge in [-0.3, -0.25) is 4.98 Å². The molecule has 688 valence electrons. The number of rotatable bonds is 13. The number of fused-ring (bicyclic) bond motifs is 28. The van der Waals surface area contributed by atoms with Gasteiger partial charge in [-0.15, -0.1) is 0 Å². The Hall–Kier alpha value is -19.6. The SMILES string of the molecule is c1ccc(-c2nc(-c3ccc4ccccc4c3)cc(-c3cccc4c3Oc3ccccc3C43c4ccccc4-c4c(-c5cccc(-c6ccc(-c7cc(-c8cccc9c8Oc8ccccc8C98c9ccccc9-c9c(-c%10cccc(-c%11nc(-c%12ccccc%12)nc(-c%12ccc(-c%13cccc%14c%13Oc%13ccccc%13C%14%13c%14ccccc%14-c%14ccccc%14%13)nc%12)n%11)c%10)cccc98)nc(-c8ccccc8)n7)cc6)c5)cccc43)n2)cc1. The van der Waals surface area contributed by atoms with Crippen LogP contribution in [0.5, 0.6) is 34.5 Å². The Morgan fingerprint density at radius 1 is 0.149 bits per heavy atom. The van der Waals surface area contributed by atoms with Gasteiger partial charge in [0, 0.05) is 95.2 Å². The Morgan fingerprint density at radius 2 is 0.453 bits per heavy atom. The molecule has 11 nitrogen and oxygen atoms in total. The summed E-state index contributed by atoms with van der Waals surface area (Å²) in [6, 6.07) is 175. The molecule has 11 heteroatoms. The number of aromatic nitrogens is 8. The Labute approximate surface area is 854 Å². The van der Waals surface area contributed by atoms with Crippen molar-refractivity contribution in [2.24, 2.45) is 0 Å². The lowest BCUT2D eigenvalue weighted by molar-refractivity contribution is 0.437. The summed E-state index contributed by atoms with van der Waals surface area (Å²) < 4.78 is 21.9. The zero-order valence-electron chi connectivity index (χ0n) is 79.6. The fraction of sp³-hybridized carbons (Fsp3) is 0.0219. The Morgan fingerprint density at radius 3 is 0.926 bits per heavy atom. The molecular weight excluding hydrogens is 1810 g/mol. The molecule has 0 bridgehead atoms. The van der Waals surface area contributed by atoms with Gasteiger partial charge in [0.05, 0.1) is 44.7 Å². The van der Waals surface area contributed by atoms with Crippen molar-refractivity contribution in [2.45, 2.75) is 16.2 Å². The second-order valence-corrected chi connectivity index (χ2v) is 38.8. The molecule has 148 heavy (non-hydrogen) atoms.